The lowest BCUT2D eigenvalue weighted by atomic mass is 10.2. The van der Waals surface area contributed by atoms with Crippen molar-refractivity contribution in [3.63, 3.8) is 0 Å². The number of hydrogen-bond donors (Lipinski definition) is 2. The second-order valence-electron chi connectivity index (χ2n) is 5.05. The highest BCUT2D eigenvalue weighted by Crippen LogP contribution is 2.25. The van der Waals surface area contributed by atoms with Gasteiger partial charge in [-0.05, 0) is 24.6 Å². The van der Waals surface area contributed by atoms with Gasteiger partial charge in [-0.3, -0.25) is 4.79 Å². The van der Waals surface area contributed by atoms with Crippen LogP contribution in [0.5, 0.6) is 5.75 Å². The number of carbonyl (C=O) groups is 1. The van der Waals surface area contributed by atoms with Crippen LogP contribution in [0.3, 0.4) is 0 Å². The Balaban J connectivity index is 2.03. The van der Waals surface area contributed by atoms with Crippen LogP contribution in [0.15, 0.2) is 36.5 Å². The van der Waals surface area contributed by atoms with Gasteiger partial charge >= 0.3 is 0 Å². The highest BCUT2D eigenvalue weighted by molar-refractivity contribution is 5.92. The lowest BCUT2D eigenvalue weighted by molar-refractivity contribution is 0.0948. The molecule has 0 fully saturated rings. The summed E-state index contributed by atoms with van der Waals surface area (Å²) in [6, 6.07) is 9.06. The van der Waals surface area contributed by atoms with Gasteiger partial charge in [0.05, 0.1) is 12.8 Å². The first kappa shape index (κ1) is 16.7. The Kier molecular flexibility index (Phi) is 6.35. The van der Waals surface area contributed by atoms with Crippen LogP contribution in [0.2, 0.25) is 0 Å². The van der Waals surface area contributed by atoms with E-state index in [4.69, 9.17) is 4.74 Å². The molecule has 0 aliphatic heterocycles. The van der Waals surface area contributed by atoms with E-state index < -0.39 is 0 Å². The number of nitrogens with zero attached hydrogens (tertiary/aromatic N) is 2. The molecule has 0 aliphatic carbocycles. The molecule has 1 aromatic heterocycles. The van der Waals surface area contributed by atoms with Gasteiger partial charge in [0.2, 0.25) is 5.95 Å². The number of ether oxygens (including phenoxy) is 1. The monoisotopic (exact) mass is 314 g/mol. The van der Waals surface area contributed by atoms with Crippen LogP contribution in [0.4, 0.5) is 11.6 Å². The predicted molar refractivity (Wildman–Crippen MR) is 90.2 cm³/mol. The molecule has 2 rings (SSSR count). The molecule has 0 bridgehead atoms. The van der Waals surface area contributed by atoms with Crippen molar-refractivity contribution in [1.82, 2.24) is 15.3 Å². The van der Waals surface area contributed by atoms with Crippen LogP contribution in [-0.2, 0) is 0 Å². The van der Waals surface area contributed by atoms with E-state index in [1.807, 2.05) is 24.3 Å². The Bertz CT molecular complexity index is 646. The Morgan fingerprint density at radius 2 is 2.04 bits per heavy atom. The largest absolute Gasteiger partial charge is 0.495 e. The summed E-state index contributed by atoms with van der Waals surface area (Å²) in [5.74, 6) is 0.854. The molecule has 23 heavy (non-hydrogen) atoms. The quantitative estimate of drug-likeness (QED) is 0.732. The fourth-order valence-electron chi connectivity index (χ4n) is 2.08. The minimum atomic E-state index is -0.188. The maximum atomic E-state index is 12.1. The van der Waals surface area contributed by atoms with Crippen molar-refractivity contribution in [2.45, 2.75) is 26.2 Å². The average Bonchev–Trinajstić information content (AvgIpc) is 2.59. The molecule has 0 radical (unpaired) electrons. The summed E-state index contributed by atoms with van der Waals surface area (Å²) in [7, 11) is 1.60. The average molecular weight is 314 g/mol. The van der Waals surface area contributed by atoms with Crippen LogP contribution in [0.25, 0.3) is 0 Å². The fraction of sp³-hybridized carbons (Fsp3) is 0.353. The Labute approximate surface area is 136 Å². The second kappa shape index (κ2) is 8.73. The molecule has 1 amide bonds. The molecule has 6 nitrogen and oxygen atoms in total. The molecule has 2 aromatic rings. The third-order valence-electron chi connectivity index (χ3n) is 3.31. The minimum absolute atomic E-state index is 0.188. The summed E-state index contributed by atoms with van der Waals surface area (Å²) in [5, 5.41) is 5.93. The topological polar surface area (TPSA) is 76.1 Å². The van der Waals surface area contributed by atoms with Crippen molar-refractivity contribution in [2.24, 2.45) is 0 Å². The normalized spacial score (nSPS) is 10.2. The van der Waals surface area contributed by atoms with Crippen molar-refractivity contribution < 1.29 is 9.53 Å². The van der Waals surface area contributed by atoms with Crippen molar-refractivity contribution in [2.75, 3.05) is 19.0 Å². The zero-order valence-corrected chi connectivity index (χ0v) is 13.5. The van der Waals surface area contributed by atoms with E-state index in [2.05, 4.69) is 27.5 Å². The first-order valence-corrected chi connectivity index (χ1v) is 7.76. The molecule has 0 unspecified atom stereocenters. The van der Waals surface area contributed by atoms with E-state index in [1.54, 1.807) is 19.4 Å². The maximum absolute atomic E-state index is 12.1. The van der Waals surface area contributed by atoms with E-state index in [1.165, 1.54) is 0 Å². The van der Waals surface area contributed by atoms with Gasteiger partial charge in [-0.25, -0.2) is 9.97 Å². The SMILES string of the molecule is CCCCCNC(=O)c1ccnc(Nc2ccccc2OC)n1. The number of unbranched alkanes of at least 4 members (excludes halogenated alkanes) is 2. The van der Waals surface area contributed by atoms with Crippen molar-refractivity contribution >= 4 is 17.5 Å². The van der Waals surface area contributed by atoms with Crippen LogP contribution < -0.4 is 15.4 Å². The molecule has 1 aromatic carbocycles. The number of hydrogen-bond acceptors (Lipinski definition) is 5. The van der Waals surface area contributed by atoms with Gasteiger partial charge in [-0.2, -0.15) is 0 Å². The van der Waals surface area contributed by atoms with Crippen LogP contribution >= 0.6 is 0 Å². The third kappa shape index (κ3) is 4.95. The molecule has 1 heterocycles. The van der Waals surface area contributed by atoms with Gasteiger partial charge in [0, 0.05) is 12.7 Å². The number of benzene rings is 1. The van der Waals surface area contributed by atoms with Gasteiger partial charge in [-0.15, -0.1) is 0 Å². The molecular formula is C17H22N4O2. The second-order valence-corrected chi connectivity index (χ2v) is 5.05. The van der Waals surface area contributed by atoms with Crippen LogP contribution in [-0.4, -0.2) is 29.5 Å². The van der Waals surface area contributed by atoms with E-state index >= 15 is 0 Å². The molecule has 0 saturated carbocycles. The number of rotatable bonds is 8. The van der Waals surface area contributed by atoms with Gasteiger partial charge < -0.3 is 15.4 Å². The standard InChI is InChI=1S/C17H22N4O2/c1-3-4-7-11-18-16(22)14-10-12-19-17(21-14)20-13-8-5-6-9-15(13)23-2/h5-6,8-10,12H,3-4,7,11H2,1-2H3,(H,18,22)(H,19,20,21). The lowest BCUT2D eigenvalue weighted by Gasteiger charge is -2.10. The minimum Gasteiger partial charge on any atom is -0.495 e. The predicted octanol–water partition coefficient (Wildman–Crippen LogP) is 3.15. The molecule has 2 N–H and O–H groups in total. The summed E-state index contributed by atoms with van der Waals surface area (Å²) in [6.07, 6.45) is 4.76. The van der Waals surface area contributed by atoms with E-state index in [0.717, 1.165) is 24.9 Å². The summed E-state index contributed by atoms with van der Waals surface area (Å²) in [5.41, 5.74) is 1.09. The molecule has 0 spiro atoms. The first-order chi connectivity index (χ1) is 11.2. The lowest BCUT2D eigenvalue weighted by Crippen LogP contribution is -2.25. The van der Waals surface area contributed by atoms with Gasteiger partial charge in [0.1, 0.15) is 11.4 Å². The van der Waals surface area contributed by atoms with Crippen LogP contribution in [0, 0.1) is 0 Å². The number of anilines is 2. The number of para-hydroxylation sites is 2. The molecule has 0 saturated heterocycles. The molecular weight excluding hydrogens is 292 g/mol. The summed E-state index contributed by atoms with van der Waals surface area (Å²) in [6.45, 7) is 2.79. The van der Waals surface area contributed by atoms with Crippen molar-refractivity contribution in [3.8, 4) is 5.75 Å². The molecule has 0 aliphatic rings. The number of aromatic nitrogens is 2. The van der Waals surface area contributed by atoms with Gasteiger partial charge in [0.15, 0.2) is 0 Å². The van der Waals surface area contributed by atoms with Gasteiger partial charge in [-0.1, -0.05) is 31.9 Å². The van der Waals surface area contributed by atoms with Crippen molar-refractivity contribution in [1.29, 1.82) is 0 Å². The molecule has 122 valence electrons. The van der Waals surface area contributed by atoms with Gasteiger partial charge in [0.25, 0.3) is 5.91 Å². The number of methoxy groups -OCH3 is 1. The number of nitrogens with one attached hydrogen (secondary N) is 2. The van der Waals surface area contributed by atoms with E-state index in [-0.39, 0.29) is 5.91 Å². The zero-order chi connectivity index (χ0) is 16.5. The third-order valence-corrected chi connectivity index (χ3v) is 3.31. The fourth-order valence-corrected chi connectivity index (χ4v) is 2.08. The Morgan fingerprint density at radius 3 is 2.83 bits per heavy atom. The first-order valence-electron chi connectivity index (χ1n) is 7.76. The molecule has 6 heteroatoms. The van der Waals surface area contributed by atoms with E-state index in [9.17, 15) is 4.79 Å². The maximum Gasteiger partial charge on any atom is 0.270 e. The number of carbonyl (C=O) groups excluding carboxylic acids is 1. The van der Waals surface area contributed by atoms with E-state index in [0.29, 0.717) is 23.9 Å². The summed E-state index contributed by atoms with van der Waals surface area (Å²) < 4.78 is 5.27. The Hall–Kier alpha value is -2.63. The smallest absolute Gasteiger partial charge is 0.270 e. The Morgan fingerprint density at radius 1 is 1.22 bits per heavy atom. The number of amides is 1. The summed E-state index contributed by atoms with van der Waals surface area (Å²) >= 11 is 0. The highest BCUT2D eigenvalue weighted by Gasteiger charge is 2.09. The van der Waals surface area contributed by atoms with Crippen molar-refractivity contribution in [3.05, 3.63) is 42.2 Å². The zero-order valence-electron chi connectivity index (χ0n) is 13.5. The van der Waals surface area contributed by atoms with Crippen LogP contribution in [0.1, 0.15) is 36.7 Å². The summed E-state index contributed by atoms with van der Waals surface area (Å²) in [4.78, 5) is 20.5. The molecule has 0 atom stereocenters. The highest BCUT2D eigenvalue weighted by atomic mass is 16.5.